The van der Waals surface area contributed by atoms with E-state index in [1.807, 2.05) is 11.3 Å². The Hall–Kier alpha value is -6.75. The lowest BCUT2D eigenvalue weighted by atomic mass is 9.97. The fraction of sp³-hybridized carbons (Fsp3) is 0.0392. The van der Waals surface area contributed by atoms with E-state index in [0.29, 0.717) is 0 Å². The molecule has 0 aliphatic carbocycles. The molecule has 55 heavy (non-hydrogen) atoms. The molecule has 8 aromatic carbocycles. The first-order valence-electron chi connectivity index (χ1n) is 19.1. The lowest BCUT2D eigenvalue weighted by molar-refractivity contribution is 0.994. The Morgan fingerprint density at radius 3 is 2.05 bits per heavy atom. The van der Waals surface area contributed by atoms with Crippen LogP contribution in [0, 0.1) is 0 Å². The van der Waals surface area contributed by atoms with Crippen molar-refractivity contribution in [2.24, 2.45) is 4.99 Å². The van der Waals surface area contributed by atoms with E-state index in [1.165, 1.54) is 102 Å². The predicted octanol–water partition coefficient (Wildman–Crippen LogP) is 13.7. The van der Waals surface area contributed by atoms with Crippen LogP contribution in [-0.2, 0) is 6.42 Å². The second-order valence-corrected chi connectivity index (χ2v) is 16.0. The number of aryl methyl sites for hydroxylation is 1. The zero-order valence-electron chi connectivity index (χ0n) is 29.8. The van der Waals surface area contributed by atoms with Crippen molar-refractivity contribution in [2.75, 3.05) is 0 Å². The molecule has 3 nitrogen and oxygen atoms in total. The van der Waals surface area contributed by atoms with Gasteiger partial charge in [-0.1, -0.05) is 127 Å². The molecule has 0 amide bonds. The van der Waals surface area contributed by atoms with Crippen LogP contribution in [0.25, 0.3) is 97.4 Å². The minimum absolute atomic E-state index is 0.890. The maximum atomic E-state index is 5.89. The summed E-state index contributed by atoms with van der Waals surface area (Å²) in [6, 6.07) is 58.2. The van der Waals surface area contributed by atoms with E-state index in [9.17, 15) is 0 Å². The van der Waals surface area contributed by atoms with Crippen LogP contribution in [0.15, 0.2) is 169 Å². The van der Waals surface area contributed by atoms with Crippen LogP contribution >= 0.6 is 11.3 Å². The zero-order chi connectivity index (χ0) is 35.8. The molecule has 0 spiro atoms. The molecule has 4 heteroatoms. The number of allylic oxidation sites excluding steroid dienone is 1. The van der Waals surface area contributed by atoms with E-state index in [-0.39, 0.29) is 0 Å². The van der Waals surface area contributed by atoms with Crippen molar-refractivity contribution in [3.8, 4) is 0 Å². The van der Waals surface area contributed by atoms with Gasteiger partial charge in [-0.3, -0.25) is 4.57 Å². The molecule has 1 aliphatic heterocycles. The number of para-hydroxylation sites is 2. The zero-order valence-corrected chi connectivity index (χ0v) is 30.6. The molecule has 0 fully saturated rings. The SMILES string of the molecule is C1=C(n2c3cc4c5ccccc5n5c6ccccc6c(c3c3ccc6ccccc6c32)c45)N=C(c2ccc3ccccc3c2)c2sc3ccccc3c2CC1. The van der Waals surface area contributed by atoms with E-state index in [1.54, 1.807) is 0 Å². The molecule has 5 heterocycles. The van der Waals surface area contributed by atoms with Crippen molar-refractivity contribution in [3.05, 3.63) is 180 Å². The highest BCUT2D eigenvalue weighted by atomic mass is 32.1. The van der Waals surface area contributed by atoms with Gasteiger partial charge in [0.15, 0.2) is 0 Å². The highest BCUT2D eigenvalue weighted by Crippen LogP contribution is 2.48. The Kier molecular flexibility index (Phi) is 5.89. The highest BCUT2D eigenvalue weighted by Gasteiger charge is 2.27. The molecule has 0 bridgehead atoms. The Bertz CT molecular complexity index is 3660. The number of aromatic nitrogens is 2. The number of rotatable bonds is 2. The lowest BCUT2D eigenvalue weighted by Crippen LogP contribution is -2.09. The summed E-state index contributed by atoms with van der Waals surface area (Å²) in [6.45, 7) is 0. The van der Waals surface area contributed by atoms with E-state index in [0.717, 1.165) is 29.9 Å². The van der Waals surface area contributed by atoms with Crippen LogP contribution in [0.2, 0.25) is 0 Å². The molecule has 256 valence electrons. The van der Waals surface area contributed by atoms with Crippen molar-refractivity contribution in [1.29, 1.82) is 0 Å². The lowest BCUT2D eigenvalue weighted by Gasteiger charge is -2.17. The smallest absolute Gasteiger partial charge is 0.134 e. The fourth-order valence-corrected chi connectivity index (χ4v) is 11.0. The highest BCUT2D eigenvalue weighted by molar-refractivity contribution is 7.21. The van der Waals surface area contributed by atoms with Gasteiger partial charge < -0.3 is 4.40 Å². The number of fused-ring (bicyclic) bond motifs is 16. The molecule has 13 rings (SSSR count). The first-order valence-corrected chi connectivity index (χ1v) is 19.9. The van der Waals surface area contributed by atoms with Crippen LogP contribution in [0.4, 0.5) is 0 Å². The monoisotopic (exact) mass is 717 g/mol. The van der Waals surface area contributed by atoms with Crippen molar-refractivity contribution in [2.45, 2.75) is 12.8 Å². The molecule has 0 unspecified atom stereocenters. The summed E-state index contributed by atoms with van der Waals surface area (Å²) in [5.41, 5.74) is 9.77. The average molecular weight is 718 g/mol. The summed E-state index contributed by atoms with van der Waals surface area (Å²) in [5.74, 6) is 0.976. The molecule has 0 saturated carbocycles. The summed E-state index contributed by atoms with van der Waals surface area (Å²) in [6.07, 6.45) is 4.24. The van der Waals surface area contributed by atoms with Gasteiger partial charge in [-0.15, -0.1) is 11.3 Å². The van der Waals surface area contributed by atoms with Crippen LogP contribution in [0.5, 0.6) is 0 Å². The maximum absolute atomic E-state index is 5.89. The standard InChI is InChI=1S/C51H31N3S/c1-2-14-32-28-33(25-24-30(32)12-1)48-51-37(36-17-7-10-22-44(36)55-51)19-11-23-45(52-48)54-43-29-40-35-16-5-8-20-41(35)53-42-21-9-6-18-38(42)47(50(40)53)46(43)39-27-26-31-13-3-4-15-34(31)49(39)54/h1-10,12-18,20-29H,11,19H2. The minimum atomic E-state index is 0.890. The minimum Gasteiger partial charge on any atom is -0.308 e. The molecule has 0 N–H and O–H groups in total. The summed E-state index contributed by atoms with van der Waals surface area (Å²) >= 11 is 1.88. The first kappa shape index (κ1) is 29.7. The number of benzene rings is 8. The number of aliphatic imine (C=N–C) groups is 1. The van der Waals surface area contributed by atoms with Gasteiger partial charge in [-0.05, 0) is 76.4 Å². The third kappa shape index (κ3) is 3.96. The average Bonchev–Trinajstić information content (AvgIpc) is 3.96. The molecule has 0 radical (unpaired) electrons. The normalized spacial score (nSPS) is 13.9. The number of hydrogen-bond donors (Lipinski definition) is 0. The largest absolute Gasteiger partial charge is 0.308 e. The Morgan fingerprint density at radius 2 is 1.18 bits per heavy atom. The molecule has 4 aromatic heterocycles. The third-order valence-electron chi connectivity index (χ3n) is 12.1. The van der Waals surface area contributed by atoms with E-state index >= 15 is 0 Å². The quantitative estimate of drug-likeness (QED) is 0.170. The Morgan fingerprint density at radius 1 is 0.491 bits per heavy atom. The first-order chi connectivity index (χ1) is 27.3. The van der Waals surface area contributed by atoms with Gasteiger partial charge in [-0.2, -0.15) is 0 Å². The third-order valence-corrected chi connectivity index (χ3v) is 13.3. The Balaban J connectivity index is 1.22. The molecule has 12 aromatic rings. The van der Waals surface area contributed by atoms with Gasteiger partial charge in [-0.25, -0.2) is 4.99 Å². The maximum Gasteiger partial charge on any atom is 0.134 e. The molecule has 0 saturated heterocycles. The molecular weight excluding hydrogens is 687 g/mol. The second-order valence-electron chi connectivity index (χ2n) is 15.0. The number of thiophene rings is 1. The van der Waals surface area contributed by atoms with Gasteiger partial charge in [0.25, 0.3) is 0 Å². The van der Waals surface area contributed by atoms with E-state index in [2.05, 4.69) is 173 Å². The van der Waals surface area contributed by atoms with Crippen molar-refractivity contribution in [3.63, 3.8) is 0 Å². The van der Waals surface area contributed by atoms with E-state index < -0.39 is 0 Å². The Labute approximate surface area is 319 Å². The van der Waals surface area contributed by atoms with Crippen LogP contribution < -0.4 is 0 Å². The predicted molar refractivity (Wildman–Crippen MR) is 236 cm³/mol. The van der Waals surface area contributed by atoms with Gasteiger partial charge in [0.05, 0.1) is 38.2 Å². The van der Waals surface area contributed by atoms with Gasteiger partial charge in [0, 0.05) is 48.0 Å². The topological polar surface area (TPSA) is 21.7 Å². The van der Waals surface area contributed by atoms with Crippen LogP contribution in [0.3, 0.4) is 0 Å². The summed E-state index contributed by atoms with van der Waals surface area (Å²) in [5, 5.41) is 14.0. The van der Waals surface area contributed by atoms with Gasteiger partial charge >= 0.3 is 0 Å². The number of hydrogen-bond acceptors (Lipinski definition) is 2. The van der Waals surface area contributed by atoms with Crippen LogP contribution in [-0.4, -0.2) is 14.7 Å². The van der Waals surface area contributed by atoms with E-state index in [4.69, 9.17) is 4.99 Å². The molecule has 0 atom stereocenters. The fourth-order valence-electron chi connectivity index (χ4n) is 9.78. The second kappa shape index (κ2) is 10.9. The summed E-state index contributed by atoms with van der Waals surface area (Å²) in [7, 11) is 0. The van der Waals surface area contributed by atoms with Crippen molar-refractivity contribution < 1.29 is 0 Å². The van der Waals surface area contributed by atoms with Crippen molar-refractivity contribution >= 4 is 114 Å². The summed E-state index contributed by atoms with van der Waals surface area (Å²) < 4.78 is 6.32. The van der Waals surface area contributed by atoms with Gasteiger partial charge in [0.2, 0.25) is 0 Å². The summed E-state index contributed by atoms with van der Waals surface area (Å²) in [4.78, 5) is 7.16. The molecular formula is C51H31N3S. The molecule has 1 aliphatic rings. The van der Waals surface area contributed by atoms with Crippen molar-refractivity contribution in [1.82, 2.24) is 8.97 Å². The van der Waals surface area contributed by atoms with Gasteiger partial charge in [0.1, 0.15) is 5.82 Å². The van der Waals surface area contributed by atoms with Crippen LogP contribution in [0.1, 0.15) is 22.4 Å². The number of nitrogens with zero attached hydrogens (tertiary/aromatic N) is 3.